The molecule has 0 unspecified atom stereocenters. The van der Waals surface area contributed by atoms with E-state index < -0.39 is 6.09 Å². The molecule has 4 nitrogen and oxygen atoms in total. The maximum absolute atomic E-state index is 13.1. The molecule has 1 aromatic rings. The van der Waals surface area contributed by atoms with Crippen LogP contribution in [0, 0.1) is 5.82 Å². The highest BCUT2D eigenvalue weighted by atomic mass is 19.1. The fourth-order valence-electron chi connectivity index (χ4n) is 0.984. The summed E-state index contributed by atoms with van der Waals surface area (Å²) in [4.78, 5) is 11.0. The molecule has 0 saturated heterocycles. The van der Waals surface area contributed by atoms with Crippen molar-refractivity contribution in [3.05, 3.63) is 35.6 Å². The smallest absolute Gasteiger partial charge is 0.407 e. The van der Waals surface area contributed by atoms with Crippen molar-refractivity contribution in [2.24, 2.45) is 5.73 Å². The van der Waals surface area contributed by atoms with Gasteiger partial charge in [0.1, 0.15) is 12.4 Å². The lowest BCUT2D eigenvalue weighted by atomic mass is 10.2. The van der Waals surface area contributed by atoms with Crippen LogP contribution >= 0.6 is 0 Å². The number of hydrogen-bond donors (Lipinski definition) is 2. The van der Waals surface area contributed by atoms with Crippen LogP contribution in [0.5, 0.6) is 0 Å². The van der Waals surface area contributed by atoms with Gasteiger partial charge in [0.15, 0.2) is 0 Å². The van der Waals surface area contributed by atoms with Crippen LogP contribution in [0.4, 0.5) is 9.18 Å². The Morgan fingerprint density at radius 2 is 2.20 bits per heavy atom. The number of hydrogen-bond acceptors (Lipinski definition) is 3. The predicted molar refractivity (Wildman–Crippen MR) is 53.6 cm³/mol. The van der Waals surface area contributed by atoms with Crippen LogP contribution in [0.2, 0.25) is 0 Å². The molecule has 0 aliphatic rings. The van der Waals surface area contributed by atoms with E-state index in [-0.39, 0.29) is 12.4 Å². The van der Waals surface area contributed by atoms with Crippen LogP contribution in [0.1, 0.15) is 5.56 Å². The van der Waals surface area contributed by atoms with Gasteiger partial charge in [0.25, 0.3) is 0 Å². The van der Waals surface area contributed by atoms with Crippen molar-refractivity contribution >= 4 is 6.09 Å². The zero-order valence-electron chi connectivity index (χ0n) is 8.20. The van der Waals surface area contributed by atoms with Gasteiger partial charge in [-0.1, -0.05) is 18.2 Å². The van der Waals surface area contributed by atoms with Gasteiger partial charge in [0, 0.05) is 18.7 Å². The summed E-state index contributed by atoms with van der Waals surface area (Å²) in [6, 6.07) is 6.13. The van der Waals surface area contributed by atoms with Crippen molar-refractivity contribution < 1.29 is 13.9 Å². The number of benzene rings is 1. The number of halogens is 1. The summed E-state index contributed by atoms with van der Waals surface area (Å²) in [5.41, 5.74) is 5.53. The quantitative estimate of drug-likeness (QED) is 0.782. The Morgan fingerprint density at radius 1 is 1.47 bits per heavy atom. The van der Waals surface area contributed by atoms with Crippen LogP contribution in [-0.4, -0.2) is 19.2 Å². The third-order valence-electron chi connectivity index (χ3n) is 1.73. The topological polar surface area (TPSA) is 64.3 Å². The van der Waals surface area contributed by atoms with E-state index in [0.717, 1.165) is 0 Å². The molecule has 0 bridgehead atoms. The highest BCUT2D eigenvalue weighted by molar-refractivity contribution is 5.67. The number of alkyl carbamates (subject to hydrolysis) is 1. The van der Waals surface area contributed by atoms with E-state index in [0.29, 0.717) is 18.7 Å². The zero-order valence-corrected chi connectivity index (χ0v) is 8.20. The number of ether oxygens (including phenoxy) is 1. The first-order chi connectivity index (χ1) is 7.24. The molecule has 15 heavy (non-hydrogen) atoms. The molecule has 0 aromatic heterocycles. The monoisotopic (exact) mass is 212 g/mol. The SMILES string of the molecule is NCCNC(=O)OCc1ccccc1F. The van der Waals surface area contributed by atoms with E-state index in [9.17, 15) is 9.18 Å². The Kier molecular flexibility index (Phi) is 4.56. The number of rotatable bonds is 4. The summed E-state index contributed by atoms with van der Waals surface area (Å²) in [6.45, 7) is 0.605. The molecular formula is C10H13FN2O2. The van der Waals surface area contributed by atoms with Crippen molar-refractivity contribution in [3.8, 4) is 0 Å². The summed E-state index contributed by atoms with van der Waals surface area (Å²) in [7, 11) is 0. The van der Waals surface area contributed by atoms with Gasteiger partial charge in [-0.05, 0) is 6.07 Å². The molecule has 1 rings (SSSR count). The standard InChI is InChI=1S/C10H13FN2O2/c11-9-4-2-1-3-8(9)7-15-10(14)13-6-5-12/h1-4H,5-7,12H2,(H,13,14). The molecule has 3 N–H and O–H groups in total. The Morgan fingerprint density at radius 3 is 2.87 bits per heavy atom. The van der Waals surface area contributed by atoms with E-state index in [1.54, 1.807) is 18.2 Å². The Balaban J connectivity index is 2.37. The van der Waals surface area contributed by atoms with Gasteiger partial charge in [0.05, 0.1) is 0 Å². The van der Waals surface area contributed by atoms with Crippen molar-refractivity contribution in [2.75, 3.05) is 13.1 Å². The van der Waals surface area contributed by atoms with Crippen LogP contribution in [-0.2, 0) is 11.3 Å². The third kappa shape index (κ3) is 3.95. The molecule has 1 aromatic carbocycles. The molecule has 0 aliphatic heterocycles. The maximum Gasteiger partial charge on any atom is 0.407 e. The first-order valence-electron chi connectivity index (χ1n) is 4.58. The van der Waals surface area contributed by atoms with Crippen molar-refractivity contribution in [1.82, 2.24) is 5.32 Å². The van der Waals surface area contributed by atoms with Gasteiger partial charge in [-0.2, -0.15) is 0 Å². The summed E-state index contributed by atoms with van der Waals surface area (Å²) in [6.07, 6.45) is -0.594. The van der Waals surface area contributed by atoms with Gasteiger partial charge >= 0.3 is 6.09 Å². The Labute approximate surface area is 87.2 Å². The van der Waals surface area contributed by atoms with Crippen molar-refractivity contribution in [1.29, 1.82) is 0 Å². The minimum absolute atomic E-state index is 0.0803. The number of nitrogens with one attached hydrogen (secondary N) is 1. The van der Waals surface area contributed by atoms with Gasteiger partial charge in [0.2, 0.25) is 0 Å². The van der Waals surface area contributed by atoms with Gasteiger partial charge < -0.3 is 15.8 Å². The minimum Gasteiger partial charge on any atom is -0.445 e. The summed E-state index contributed by atoms with van der Waals surface area (Å²) in [5.74, 6) is -0.385. The molecule has 0 aliphatic carbocycles. The molecule has 0 heterocycles. The molecule has 5 heteroatoms. The number of carbonyl (C=O) groups excluding carboxylic acids is 1. The first-order valence-corrected chi connectivity index (χ1v) is 4.58. The fourth-order valence-corrected chi connectivity index (χ4v) is 0.984. The van der Waals surface area contributed by atoms with E-state index in [1.165, 1.54) is 6.07 Å². The summed E-state index contributed by atoms with van der Waals surface area (Å²) < 4.78 is 17.8. The lowest BCUT2D eigenvalue weighted by Gasteiger charge is -2.06. The van der Waals surface area contributed by atoms with Crippen LogP contribution in [0.15, 0.2) is 24.3 Å². The lowest BCUT2D eigenvalue weighted by molar-refractivity contribution is 0.138. The molecule has 82 valence electrons. The Bertz CT molecular complexity index is 331. The molecular weight excluding hydrogens is 199 g/mol. The maximum atomic E-state index is 13.1. The third-order valence-corrected chi connectivity index (χ3v) is 1.73. The van der Waals surface area contributed by atoms with Crippen LogP contribution < -0.4 is 11.1 Å². The van der Waals surface area contributed by atoms with Crippen LogP contribution in [0.3, 0.4) is 0 Å². The van der Waals surface area contributed by atoms with Crippen molar-refractivity contribution in [2.45, 2.75) is 6.61 Å². The average Bonchev–Trinajstić information content (AvgIpc) is 2.25. The number of amides is 1. The molecule has 1 amide bonds. The molecule has 0 saturated carbocycles. The fraction of sp³-hybridized carbons (Fsp3) is 0.300. The van der Waals surface area contributed by atoms with E-state index in [1.807, 2.05) is 0 Å². The Hall–Kier alpha value is -1.62. The zero-order chi connectivity index (χ0) is 11.1. The number of nitrogens with two attached hydrogens (primary N) is 1. The first kappa shape index (κ1) is 11.5. The lowest BCUT2D eigenvalue weighted by Crippen LogP contribution is -2.29. The second kappa shape index (κ2) is 5.98. The highest BCUT2D eigenvalue weighted by Gasteiger charge is 2.04. The average molecular weight is 212 g/mol. The normalized spacial score (nSPS) is 9.73. The van der Waals surface area contributed by atoms with Gasteiger partial charge in [-0.3, -0.25) is 0 Å². The van der Waals surface area contributed by atoms with Crippen molar-refractivity contribution in [3.63, 3.8) is 0 Å². The second-order valence-electron chi connectivity index (χ2n) is 2.88. The van der Waals surface area contributed by atoms with Gasteiger partial charge in [-0.25, -0.2) is 9.18 Å². The summed E-state index contributed by atoms with van der Waals surface area (Å²) >= 11 is 0. The molecule has 0 spiro atoms. The van der Waals surface area contributed by atoms with E-state index in [4.69, 9.17) is 10.5 Å². The van der Waals surface area contributed by atoms with E-state index >= 15 is 0 Å². The van der Waals surface area contributed by atoms with Crippen LogP contribution in [0.25, 0.3) is 0 Å². The minimum atomic E-state index is -0.594. The predicted octanol–water partition coefficient (Wildman–Crippen LogP) is 1.01. The largest absolute Gasteiger partial charge is 0.445 e. The number of carbonyl (C=O) groups is 1. The highest BCUT2D eigenvalue weighted by Crippen LogP contribution is 2.07. The molecule has 0 fully saturated rings. The summed E-state index contributed by atoms with van der Waals surface area (Å²) in [5, 5.41) is 2.41. The molecule has 0 atom stereocenters. The van der Waals surface area contributed by atoms with Gasteiger partial charge in [-0.15, -0.1) is 0 Å². The second-order valence-corrected chi connectivity index (χ2v) is 2.88. The molecule has 0 radical (unpaired) electrons. The van der Waals surface area contributed by atoms with E-state index in [2.05, 4.69) is 5.32 Å².